The van der Waals surface area contributed by atoms with Crippen molar-refractivity contribution in [2.75, 3.05) is 18.9 Å². The largest absolute Gasteiger partial charge is 0.388 e. The predicted molar refractivity (Wildman–Crippen MR) is 122 cm³/mol. The van der Waals surface area contributed by atoms with Gasteiger partial charge in [0.15, 0.2) is 0 Å². The van der Waals surface area contributed by atoms with Crippen molar-refractivity contribution in [1.29, 1.82) is 0 Å². The molecule has 3 saturated heterocycles. The van der Waals surface area contributed by atoms with Gasteiger partial charge in [0.2, 0.25) is 5.91 Å². The third-order valence-corrected chi connectivity index (χ3v) is 8.30. The molecule has 32 heavy (non-hydrogen) atoms. The zero-order valence-electron chi connectivity index (χ0n) is 18.9. The van der Waals surface area contributed by atoms with Crippen LogP contribution in [0.3, 0.4) is 0 Å². The summed E-state index contributed by atoms with van der Waals surface area (Å²) in [6, 6.07) is -0.965. The van der Waals surface area contributed by atoms with E-state index in [-0.39, 0.29) is 12.0 Å². The van der Waals surface area contributed by atoms with Gasteiger partial charge < -0.3 is 35.4 Å². The van der Waals surface area contributed by atoms with Crippen molar-refractivity contribution in [2.24, 2.45) is 17.8 Å². The van der Waals surface area contributed by atoms with Crippen LogP contribution in [-0.4, -0.2) is 88.2 Å². The first-order valence-electron chi connectivity index (χ1n) is 12.0. The van der Waals surface area contributed by atoms with Crippen molar-refractivity contribution in [3.63, 3.8) is 0 Å². The molecular weight excluding hydrogens is 432 g/mol. The summed E-state index contributed by atoms with van der Waals surface area (Å²) in [6.07, 6.45) is 2.94. The molecule has 0 aromatic heterocycles. The minimum atomic E-state index is -1.32. The second-order valence-corrected chi connectivity index (χ2v) is 11.2. The molecule has 0 aliphatic carbocycles. The van der Waals surface area contributed by atoms with E-state index >= 15 is 0 Å². The van der Waals surface area contributed by atoms with Crippen molar-refractivity contribution >= 4 is 17.7 Å². The van der Waals surface area contributed by atoms with Crippen molar-refractivity contribution in [3.05, 3.63) is 12.2 Å². The summed E-state index contributed by atoms with van der Waals surface area (Å²) in [5, 5.41) is 37.6. The first kappa shape index (κ1) is 24.4. The fourth-order valence-corrected chi connectivity index (χ4v) is 6.63. The van der Waals surface area contributed by atoms with Crippen LogP contribution in [0.1, 0.15) is 39.5 Å². The van der Waals surface area contributed by atoms with Crippen LogP contribution in [-0.2, 0) is 14.3 Å². The first-order valence-corrected chi connectivity index (χ1v) is 13.0. The molecule has 5 unspecified atom stereocenters. The lowest BCUT2D eigenvalue weighted by Crippen LogP contribution is -2.63. The number of aliphatic hydroxyl groups is 3. The van der Waals surface area contributed by atoms with Gasteiger partial charge in [0.05, 0.1) is 12.1 Å². The maximum Gasteiger partial charge on any atom is 0.240 e. The monoisotopic (exact) mass is 470 g/mol. The number of rotatable bonds is 4. The summed E-state index contributed by atoms with van der Waals surface area (Å²) in [5.41, 5.74) is -0.655. The standard InChI is InChI=1S/C23H38N2O6S/c1-12(2)9-13-6-7-30-20-14(10-13)11-24-16(20)22(29)25-15-5-3-4-8-32-23-19(28)17(26)18(27)21(15)31-23/h3-4,12-21,23-24,26-28H,5-11H2,1-2H3,(H,25,29)/b4-3-/t13-,14-,15+,16-,17?,18?,19?,20+,21?,23?/m0/s1. The number of hydrogen-bond donors (Lipinski definition) is 5. The van der Waals surface area contributed by atoms with Crippen molar-refractivity contribution in [3.8, 4) is 0 Å². The Morgan fingerprint density at radius 2 is 2.00 bits per heavy atom. The molecule has 4 aliphatic heterocycles. The van der Waals surface area contributed by atoms with Crippen LogP contribution in [0.25, 0.3) is 0 Å². The molecule has 4 heterocycles. The predicted octanol–water partition coefficient (Wildman–Crippen LogP) is 0.401. The third kappa shape index (κ3) is 5.35. The molecule has 4 rings (SSSR count). The Labute approximate surface area is 194 Å². The number of fused-ring (bicyclic) bond motifs is 3. The van der Waals surface area contributed by atoms with E-state index in [1.54, 1.807) is 0 Å². The first-order chi connectivity index (χ1) is 15.3. The highest BCUT2D eigenvalue weighted by Gasteiger charge is 2.48. The zero-order valence-corrected chi connectivity index (χ0v) is 19.7. The lowest BCUT2D eigenvalue weighted by atomic mass is 9.85. The lowest BCUT2D eigenvalue weighted by Gasteiger charge is -2.43. The van der Waals surface area contributed by atoms with Gasteiger partial charge in [0.25, 0.3) is 0 Å². The third-order valence-electron chi connectivity index (χ3n) is 7.20. The quantitative estimate of drug-likeness (QED) is 0.375. The molecule has 9 heteroatoms. The Hall–Kier alpha value is -0.680. The maximum atomic E-state index is 13.3. The molecule has 0 aromatic carbocycles. The number of carbonyl (C=O) groups excluding carboxylic acids is 1. The highest BCUT2D eigenvalue weighted by Crippen LogP contribution is 2.34. The van der Waals surface area contributed by atoms with Crippen molar-refractivity contribution in [1.82, 2.24) is 10.6 Å². The topological polar surface area (TPSA) is 120 Å². The Morgan fingerprint density at radius 3 is 2.78 bits per heavy atom. The van der Waals surface area contributed by atoms with E-state index in [0.29, 0.717) is 36.5 Å². The van der Waals surface area contributed by atoms with Gasteiger partial charge in [-0.25, -0.2) is 0 Å². The fraction of sp³-hybridized carbons (Fsp3) is 0.870. The van der Waals surface area contributed by atoms with E-state index < -0.39 is 41.9 Å². The molecule has 0 spiro atoms. The van der Waals surface area contributed by atoms with Crippen LogP contribution in [0.5, 0.6) is 0 Å². The molecule has 5 N–H and O–H groups in total. The van der Waals surface area contributed by atoms with Gasteiger partial charge in [-0.1, -0.05) is 26.0 Å². The fourth-order valence-electron chi connectivity index (χ4n) is 5.62. The van der Waals surface area contributed by atoms with Gasteiger partial charge in [-0.2, -0.15) is 0 Å². The molecule has 8 nitrogen and oxygen atoms in total. The number of amides is 1. The van der Waals surface area contributed by atoms with E-state index in [0.717, 1.165) is 19.4 Å². The van der Waals surface area contributed by atoms with Crippen LogP contribution >= 0.6 is 11.8 Å². The van der Waals surface area contributed by atoms with Crippen molar-refractivity contribution < 1.29 is 29.6 Å². The van der Waals surface area contributed by atoms with Gasteiger partial charge >= 0.3 is 0 Å². The molecule has 182 valence electrons. The smallest absolute Gasteiger partial charge is 0.240 e. The summed E-state index contributed by atoms with van der Waals surface area (Å²) >= 11 is 1.37. The molecular formula is C23H38N2O6S. The lowest BCUT2D eigenvalue weighted by molar-refractivity contribution is -0.205. The van der Waals surface area contributed by atoms with Gasteiger partial charge in [0, 0.05) is 18.9 Å². The normalized spacial score (nSPS) is 45.8. The number of carbonyl (C=O) groups is 1. The SMILES string of the molecule is CC(C)C[C@@H]1CCO[C@@H]2[C@H](CN[C@@H]2C(=O)N[C@@H]2C/C=C\CSC3OC2C(O)C(O)C3O)C1. The Bertz CT molecular complexity index is 679. The molecule has 4 aliphatic rings. The highest BCUT2D eigenvalue weighted by molar-refractivity contribution is 7.99. The van der Waals surface area contributed by atoms with Gasteiger partial charge in [-0.15, -0.1) is 11.8 Å². The Morgan fingerprint density at radius 1 is 1.19 bits per heavy atom. The van der Waals surface area contributed by atoms with E-state index in [9.17, 15) is 20.1 Å². The zero-order chi connectivity index (χ0) is 22.8. The van der Waals surface area contributed by atoms with Gasteiger partial charge in [-0.3, -0.25) is 4.79 Å². The average molecular weight is 471 g/mol. The molecule has 1 amide bonds. The Kier molecular flexibility index (Phi) is 8.19. The molecule has 3 fully saturated rings. The number of thioether (sulfide) groups is 1. The van der Waals surface area contributed by atoms with E-state index in [2.05, 4.69) is 24.5 Å². The van der Waals surface area contributed by atoms with E-state index in [1.807, 2.05) is 12.2 Å². The summed E-state index contributed by atoms with van der Waals surface area (Å²) < 4.78 is 12.1. The van der Waals surface area contributed by atoms with Gasteiger partial charge in [-0.05, 0) is 43.4 Å². The number of aliphatic hydroxyl groups excluding tert-OH is 3. The summed E-state index contributed by atoms with van der Waals surface area (Å²) in [4.78, 5) is 13.3. The second-order valence-electron chi connectivity index (χ2n) is 10.1. The number of hydrogen-bond acceptors (Lipinski definition) is 8. The van der Waals surface area contributed by atoms with E-state index in [4.69, 9.17) is 9.47 Å². The van der Waals surface area contributed by atoms with Crippen LogP contribution in [0.2, 0.25) is 0 Å². The average Bonchev–Trinajstić information content (AvgIpc) is 3.08. The van der Waals surface area contributed by atoms with E-state index in [1.165, 1.54) is 18.2 Å². The minimum absolute atomic E-state index is 0.160. The number of ether oxygens (including phenoxy) is 2. The molecule has 0 aromatic rings. The molecule has 0 radical (unpaired) electrons. The second kappa shape index (κ2) is 10.7. The van der Waals surface area contributed by atoms with Crippen LogP contribution in [0, 0.1) is 17.8 Å². The molecule has 0 saturated carbocycles. The van der Waals surface area contributed by atoms with Crippen LogP contribution in [0.15, 0.2) is 12.2 Å². The van der Waals surface area contributed by atoms with Crippen LogP contribution < -0.4 is 10.6 Å². The maximum absolute atomic E-state index is 13.3. The van der Waals surface area contributed by atoms with Crippen LogP contribution in [0.4, 0.5) is 0 Å². The molecule has 2 bridgehead atoms. The summed E-state index contributed by atoms with van der Waals surface area (Å²) in [6.45, 7) is 5.93. The number of nitrogens with one attached hydrogen (secondary N) is 2. The Balaban J connectivity index is 1.43. The van der Waals surface area contributed by atoms with Crippen molar-refractivity contribution in [2.45, 2.75) is 87.6 Å². The molecule has 10 atom stereocenters. The summed E-state index contributed by atoms with van der Waals surface area (Å²) in [7, 11) is 0. The summed E-state index contributed by atoms with van der Waals surface area (Å²) in [5.74, 6) is 2.04. The van der Waals surface area contributed by atoms with Gasteiger partial charge in [0.1, 0.15) is 35.9 Å². The highest BCUT2D eigenvalue weighted by atomic mass is 32.2. The minimum Gasteiger partial charge on any atom is -0.388 e.